The molecule has 0 radical (unpaired) electrons. The molecule has 0 spiro atoms. The van der Waals surface area contributed by atoms with Crippen LogP contribution in [0.5, 0.6) is 28.7 Å². The van der Waals surface area contributed by atoms with E-state index in [0.717, 1.165) is 22.3 Å². The van der Waals surface area contributed by atoms with Crippen molar-refractivity contribution in [2.45, 2.75) is 13.2 Å². The topological polar surface area (TPSA) is 81.7 Å². The Balaban J connectivity index is 1.39. The lowest BCUT2D eigenvalue weighted by atomic mass is 10.1. The minimum atomic E-state index is -4.08. The van der Waals surface area contributed by atoms with Gasteiger partial charge in [0.15, 0.2) is 23.0 Å². The molecule has 8 nitrogen and oxygen atoms in total. The maximum absolute atomic E-state index is 13.9. The Bertz CT molecular complexity index is 1460. The summed E-state index contributed by atoms with van der Waals surface area (Å²) >= 11 is 0. The van der Waals surface area contributed by atoms with Crippen LogP contribution >= 0.6 is 7.82 Å². The molecule has 40 heavy (non-hydrogen) atoms. The van der Waals surface area contributed by atoms with Gasteiger partial charge in [-0.25, -0.2) is 4.57 Å². The maximum atomic E-state index is 13.9. The Morgan fingerprint density at radius 1 is 0.700 bits per heavy atom. The fourth-order valence-electron chi connectivity index (χ4n) is 3.97. The van der Waals surface area contributed by atoms with E-state index in [2.05, 4.69) is 0 Å². The SMILES string of the molecule is COc1ccc(C=Cc2cc(OC)c3c(c2)OCO3)cc1OP(=O)(OCc1ccccc1)OCc1ccccc1. The average molecular weight is 561 g/mol. The summed E-state index contributed by atoms with van der Waals surface area (Å²) in [5, 5.41) is 0. The lowest BCUT2D eigenvalue weighted by Gasteiger charge is -2.20. The summed E-state index contributed by atoms with van der Waals surface area (Å²) in [5.41, 5.74) is 3.28. The number of benzene rings is 4. The average Bonchev–Trinajstić information content (AvgIpc) is 3.48. The molecule has 4 aromatic carbocycles. The third-order valence-electron chi connectivity index (χ3n) is 6.01. The predicted octanol–water partition coefficient (Wildman–Crippen LogP) is 7.52. The molecule has 206 valence electrons. The van der Waals surface area contributed by atoms with Crippen LogP contribution in [0, 0.1) is 0 Å². The van der Waals surface area contributed by atoms with Crippen molar-refractivity contribution in [2.75, 3.05) is 21.0 Å². The number of hydrogen-bond acceptors (Lipinski definition) is 8. The fraction of sp³-hybridized carbons (Fsp3) is 0.161. The van der Waals surface area contributed by atoms with Gasteiger partial charge in [-0.1, -0.05) is 78.9 Å². The number of fused-ring (bicyclic) bond motifs is 1. The summed E-state index contributed by atoms with van der Waals surface area (Å²) in [6.45, 7) is 0.234. The second-order valence-corrected chi connectivity index (χ2v) is 10.4. The third kappa shape index (κ3) is 6.85. The molecule has 5 rings (SSSR count). The highest BCUT2D eigenvalue weighted by atomic mass is 31.2. The summed E-state index contributed by atoms with van der Waals surface area (Å²) in [4.78, 5) is 0. The van der Waals surface area contributed by atoms with Crippen LogP contribution in [-0.4, -0.2) is 21.0 Å². The van der Waals surface area contributed by atoms with Gasteiger partial charge in [0.2, 0.25) is 12.5 Å². The molecule has 0 fully saturated rings. The van der Waals surface area contributed by atoms with Gasteiger partial charge in [0.05, 0.1) is 27.4 Å². The molecule has 0 aromatic heterocycles. The molecule has 0 N–H and O–H groups in total. The highest BCUT2D eigenvalue weighted by Crippen LogP contribution is 2.53. The van der Waals surface area contributed by atoms with Crippen molar-refractivity contribution in [3.8, 4) is 28.7 Å². The van der Waals surface area contributed by atoms with Crippen molar-refractivity contribution in [3.63, 3.8) is 0 Å². The number of phosphoric acid groups is 1. The highest BCUT2D eigenvalue weighted by molar-refractivity contribution is 7.48. The van der Waals surface area contributed by atoms with E-state index in [-0.39, 0.29) is 25.8 Å². The van der Waals surface area contributed by atoms with Gasteiger partial charge in [0, 0.05) is 0 Å². The molecule has 0 atom stereocenters. The van der Waals surface area contributed by atoms with Crippen LogP contribution in [0.15, 0.2) is 91.0 Å². The van der Waals surface area contributed by atoms with Crippen molar-refractivity contribution in [2.24, 2.45) is 0 Å². The molecule has 0 aliphatic carbocycles. The normalized spacial score (nSPS) is 12.4. The Hall–Kier alpha value is -4.23. The van der Waals surface area contributed by atoms with Gasteiger partial charge in [-0.3, -0.25) is 9.05 Å². The van der Waals surface area contributed by atoms with Crippen LogP contribution in [0.3, 0.4) is 0 Å². The van der Waals surface area contributed by atoms with E-state index in [1.807, 2.05) is 91.0 Å². The van der Waals surface area contributed by atoms with E-state index < -0.39 is 7.82 Å². The van der Waals surface area contributed by atoms with Crippen molar-refractivity contribution in [3.05, 3.63) is 113 Å². The molecule has 9 heteroatoms. The Kier molecular flexibility index (Phi) is 8.71. The lowest BCUT2D eigenvalue weighted by Crippen LogP contribution is -2.04. The van der Waals surface area contributed by atoms with Crippen LogP contribution in [0.1, 0.15) is 22.3 Å². The largest absolute Gasteiger partial charge is 0.530 e. The summed E-state index contributed by atoms with van der Waals surface area (Å²) in [6, 6.07) is 27.8. The van der Waals surface area contributed by atoms with Crippen LogP contribution in [0.4, 0.5) is 0 Å². The molecule has 1 aliphatic heterocycles. The Morgan fingerprint density at radius 2 is 1.30 bits per heavy atom. The predicted molar refractivity (Wildman–Crippen MR) is 152 cm³/mol. The molecular formula is C31H29O8P. The summed E-state index contributed by atoms with van der Waals surface area (Å²) in [7, 11) is -0.990. The summed E-state index contributed by atoms with van der Waals surface area (Å²) < 4.78 is 53.3. The summed E-state index contributed by atoms with van der Waals surface area (Å²) in [6.07, 6.45) is 3.78. The quantitative estimate of drug-likeness (QED) is 0.130. The molecule has 0 bridgehead atoms. The van der Waals surface area contributed by atoms with Crippen LogP contribution in [0.25, 0.3) is 12.2 Å². The van der Waals surface area contributed by atoms with Crippen LogP contribution in [0.2, 0.25) is 0 Å². The standard InChI is InChI=1S/C31H29O8P/c1-33-27-16-15-23(13-14-26-18-29(34-2)31-30(19-26)35-22-36-31)17-28(27)39-40(32,37-20-24-9-5-3-6-10-24)38-21-25-11-7-4-8-12-25/h3-19H,20-22H2,1-2H3. The van der Waals surface area contributed by atoms with E-state index in [0.29, 0.717) is 23.0 Å². The van der Waals surface area contributed by atoms with Crippen molar-refractivity contribution < 1.29 is 37.1 Å². The lowest BCUT2D eigenvalue weighted by molar-refractivity contribution is 0.142. The first-order valence-electron chi connectivity index (χ1n) is 12.6. The molecule has 0 unspecified atom stereocenters. The van der Waals surface area contributed by atoms with E-state index in [1.165, 1.54) is 7.11 Å². The first kappa shape index (κ1) is 27.3. The molecule has 0 saturated carbocycles. The van der Waals surface area contributed by atoms with Crippen molar-refractivity contribution in [1.82, 2.24) is 0 Å². The number of ether oxygens (including phenoxy) is 4. The zero-order valence-electron chi connectivity index (χ0n) is 22.1. The minimum absolute atomic E-state index is 0.0424. The van der Waals surface area contributed by atoms with Crippen molar-refractivity contribution in [1.29, 1.82) is 0 Å². The van der Waals surface area contributed by atoms with Gasteiger partial charge in [0.25, 0.3) is 0 Å². The first-order valence-corrected chi connectivity index (χ1v) is 14.0. The van der Waals surface area contributed by atoms with Gasteiger partial charge in [-0.05, 0) is 46.5 Å². The molecule has 0 saturated heterocycles. The van der Waals surface area contributed by atoms with Crippen LogP contribution < -0.4 is 23.5 Å². The second kappa shape index (κ2) is 12.7. The van der Waals surface area contributed by atoms with Gasteiger partial charge >= 0.3 is 7.82 Å². The monoisotopic (exact) mass is 560 g/mol. The minimum Gasteiger partial charge on any atom is -0.493 e. The molecule has 1 heterocycles. The zero-order valence-corrected chi connectivity index (χ0v) is 23.0. The zero-order chi connectivity index (χ0) is 27.8. The van der Waals surface area contributed by atoms with Gasteiger partial charge in [-0.15, -0.1) is 0 Å². The van der Waals surface area contributed by atoms with E-state index >= 15 is 0 Å². The molecule has 4 aromatic rings. The molecule has 0 amide bonds. The highest BCUT2D eigenvalue weighted by Gasteiger charge is 2.30. The second-order valence-electron chi connectivity index (χ2n) is 8.76. The van der Waals surface area contributed by atoms with Gasteiger partial charge in [0.1, 0.15) is 0 Å². The van der Waals surface area contributed by atoms with Crippen molar-refractivity contribution >= 4 is 20.0 Å². The smallest absolute Gasteiger partial charge is 0.493 e. The summed E-state index contributed by atoms with van der Waals surface area (Å²) in [5.74, 6) is 2.39. The van der Waals surface area contributed by atoms with E-state index in [4.69, 9.17) is 32.5 Å². The van der Waals surface area contributed by atoms with Gasteiger partial charge in [-0.2, -0.15) is 0 Å². The molecule has 1 aliphatic rings. The Labute approximate surface area is 233 Å². The number of hydrogen-bond donors (Lipinski definition) is 0. The van der Waals surface area contributed by atoms with E-state index in [9.17, 15) is 4.57 Å². The number of phosphoric ester groups is 1. The van der Waals surface area contributed by atoms with E-state index in [1.54, 1.807) is 19.2 Å². The van der Waals surface area contributed by atoms with Gasteiger partial charge < -0.3 is 23.5 Å². The maximum Gasteiger partial charge on any atom is 0.530 e. The van der Waals surface area contributed by atoms with Crippen LogP contribution in [-0.2, 0) is 26.8 Å². The molecular weight excluding hydrogens is 531 g/mol. The number of rotatable bonds is 12. The Morgan fingerprint density at radius 3 is 1.93 bits per heavy atom. The third-order valence-corrected chi connectivity index (χ3v) is 7.32. The fourth-order valence-corrected chi connectivity index (χ4v) is 5.15. The first-order chi connectivity index (χ1) is 19.5. The number of methoxy groups -OCH3 is 2.